The van der Waals surface area contributed by atoms with Gasteiger partial charge in [-0.15, -0.1) is 5.10 Å². The molecular formula is C12H11FN4OS. The fraction of sp³-hybridized carbons (Fsp3) is 0.250. The molecule has 2 rings (SSSR count). The van der Waals surface area contributed by atoms with Gasteiger partial charge in [0.1, 0.15) is 5.82 Å². The van der Waals surface area contributed by atoms with E-state index in [9.17, 15) is 9.18 Å². The molecule has 0 atom stereocenters. The third-order valence-corrected chi connectivity index (χ3v) is 3.48. The second-order valence-electron chi connectivity index (χ2n) is 3.82. The monoisotopic (exact) mass is 278 g/mol. The van der Waals surface area contributed by atoms with Crippen molar-refractivity contribution in [2.45, 2.75) is 29.9 Å². The van der Waals surface area contributed by atoms with E-state index >= 15 is 0 Å². The fourth-order valence-corrected chi connectivity index (χ4v) is 2.42. The van der Waals surface area contributed by atoms with Gasteiger partial charge in [0.05, 0.1) is 16.5 Å². The van der Waals surface area contributed by atoms with Gasteiger partial charge >= 0.3 is 5.69 Å². The topological polar surface area (TPSA) is 74.5 Å². The molecule has 2 aromatic rings. The Morgan fingerprint density at radius 1 is 1.58 bits per heavy atom. The van der Waals surface area contributed by atoms with Crippen LogP contribution in [0.1, 0.15) is 18.9 Å². The molecule has 98 valence electrons. The SMILES string of the molecule is CCCn1c(Sc2ccc(C#N)cc2F)n[nH]c1=O. The maximum absolute atomic E-state index is 13.7. The van der Waals surface area contributed by atoms with Gasteiger partial charge in [-0.3, -0.25) is 4.57 Å². The van der Waals surface area contributed by atoms with Crippen LogP contribution in [0.15, 0.2) is 33.0 Å². The van der Waals surface area contributed by atoms with Crippen molar-refractivity contribution >= 4 is 11.8 Å². The Morgan fingerprint density at radius 2 is 2.37 bits per heavy atom. The van der Waals surface area contributed by atoms with Gasteiger partial charge in [0.15, 0.2) is 5.16 Å². The van der Waals surface area contributed by atoms with E-state index in [-0.39, 0.29) is 11.3 Å². The average Bonchev–Trinajstić information content (AvgIpc) is 2.74. The maximum Gasteiger partial charge on any atom is 0.343 e. The molecule has 0 fully saturated rings. The summed E-state index contributed by atoms with van der Waals surface area (Å²) in [6.45, 7) is 2.46. The summed E-state index contributed by atoms with van der Waals surface area (Å²) in [5, 5.41) is 15.3. The zero-order valence-corrected chi connectivity index (χ0v) is 11.0. The van der Waals surface area contributed by atoms with Crippen molar-refractivity contribution in [3.63, 3.8) is 0 Å². The highest BCUT2D eigenvalue weighted by Crippen LogP contribution is 2.28. The van der Waals surface area contributed by atoms with Crippen molar-refractivity contribution in [1.82, 2.24) is 14.8 Å². The van der Waals surface area contributed by atoms with Crippen LogP contribution in [0.25, 0.3) is 0 Å². The number of hydrogen-bond acceptors (Lipinski definition) is 4. The average molecular weight is 278 g/mol. The first-order valence-corrected chi connectivity index (χ1v) is 6.50. The lowest BCUT2D eigenvalue weighted by Crippen LogP contribution is -2.17. The third kappa shape index (κ3) is 2.85. The summed E-state index contributed by atoms with van der Waals surface area (Å²) < 4.78 is 15.2. The van der Waals surface area contributed by atoms with E-state index in [1.165, 1.54) is 16.7 Å². The molecule has 0 saturated carbocycles. The van der Waals surface area contributed by atoms with Crippen LogP contribution in [0.4, 0.5) is 4.39 Å². The van der Waals surface area contributed by atoms with Crippen LogP contribution in [-0.4, -0.2) is 14.8 Å². The van der Waals surface area contributed by atoms with E-state index in [1.54, 1.807) is 0 Å². The summed E-state index contributed by atoms with van der Waals surface area (Å²) in [7, 11) is 0. The van der Waals surface area contributed by atoms with Crippen molar-refractivity contribution in [3.8, 4) is 6.07 Å². The molecule has 0 aliphatic rings. The zero-order valence-electron chi connectivity index (χ0n) is 10.2. The first kappa shape index (κ1) is 13.4. The van der Waals surface area contributed by atoms with Gasteiger partial charge in [0.2, 0.25) is 0 Å². The highest BCUT2D eigenvalue weighted by atomic mass is 32.2. The molecule has 0 aliphatic heterocycles. The highest BCUT2D eigenvalue weighted by Gasteiger charge is 2.12. The van der Waals surface area contributed by atoms with Crippen molar-refractivity contribution in [2.75, 3.05) is 0 Å². The lowest BCUT2D eigenvalue weighted by molar-refractivity contribution is 0.593. The van der Waals surface area contributed by atoms with Gasteiger partial charge in [0.25, 0.3) is 0 Å². The van der Waals surface area contributed by atoms with E-state index in [0.29, 0.717) is 16.6 Å². The molecule has 1 N–H and O–H groups in total. The molecule has 0 saturated heterocycles. The summed E-state index contributed by atoms with van der Waals surface area (Å²) in [5.74, 6) is -0.498. The lowest BCUT2D eigenvalue weighted by Gasteiger charge is -2.04. The number of nitriles is 1. The second-order valence-corrected chi connectivity index (χ2v) is 4.83. The van der Waals surface area contributed by atoms with Crippen molar-refractivity contribution in [2.24, 2.45) is 0 Å². The number of hydrogen-bond donors (Lipinski definition) is 1. The van der Waals surface area contributed by atoms with Crippen LogP contribution in [-0.2, 0) is 6.54 Å². The van der Waals surface area contributed by atoms with Gasteiger partial charge in [-0.25, -0.2) is 14.3 Å². The minimum absolute atomic E-state index is 0.259. The maximum atomic E-state index is 13.7. The van der Waals surface area contributed by atoms with Crippen molar-refractivity contribution in [1.29, 1.82) is 5.26 Å². The van der Waals surface area contributed by atoms with Crippen LogP contribution >= 0.6 is 11.8 Å². The molecule has 0 bridgehead atoms. The predicted molar refractivity (Wildman–Crippen MR) is 68.4 cm³/mol. The molecule has 7 heteroatoms. The molecule has 19 heavy (non-hydrogen) atoms. The second kappa shape index (κ2) is 5.71. The first-order chi connectivity index (χ1) is 9.15. The Bertz CT molecular complexity index is 686. The molecule has 0 unspecified atom stereocenters. The van der Waals surface area contributed by atoms with Crippen LogP contribution in [0.5, 0.6) is 0 Å². The minimum Gasteiger partial charge on any atom is -0.270 e. The molecule has 5 nitrogen and oxygen atoms in total. The summed E-state index contributed by atoms with van der Waals surface area (Å²) in [6, 6.07) is 6.07. The number of aromatic amines is 1. The van der Waals surface area contributed by atoms with Crippen LogP contribution in [0.2, 0.25) is 0 Å². The molecular weight excluding hydrogens is 267 g/mol. The Morgan fingerprint density at radius 3 is 3.00 bits per heavy atom. The largest absolute Gasteiger partial charge is 0.343 e. The lowest BCUT2D eigenvalue weighted by atomic mass is 10.2. The van der Waals surface area contributed by atoms with Crippen molar-refractivity contribution in [3.05, 3.63) is 40.1 Å². The Balaban J connectivity index is 2.32. The van der Waals surface area contributed by atoms with Crippen LogP contribution in [0, 0.1) is 17.1 Å². The number of benzene rings is 1. The normalized spacial score (nSPS) is 10.4. The van der Waals surface area contributed by atoms with Gasteiger partial charge in [0, 0.05) is 6.54 Å². The highest BCUT2D eigenvalue weighted by molar-refractivity contribution is 7.99. The number of nitrogens with one attached hydrogen (secondary N) is 1. The molecule has 0 amide bonds. The molecule has 0 aliphatic carbocycles. The Kier molecular flexibility index (Phi) is 4.02. The summed E-state index contributed by atoms with van der Waals surface area (Å²) in [5.41, 5.74) is -0.0479. The molecule has 0 spiro atoms. The molecule has 1 heterocycles. The minimum atomic E-state index is -0.498. The van der Waals surface area contributed by atoms with E-state index in [2.05, 4.69) is 10.2 Å². The van der Waals surface area contributed by atoms with E-state index < -0.39 is 5.82 Å². The smallest absolute Gasteiger partial charge is 0.270 e. The predicted octanol–water partition coefficient (Wildman–Crippen LogP) is 2.14. The number of rotatable bonds is 4. The van der Waals surface area contributed by atoms with Crippen molar-refractivity contribution < 1.29 is 4.39 Å². The number of H-pyrrole nitrogens is 1. The van der Waals surface area contributed by atoms with Crippen LogP contribution < -0.4 is 5.69 Å². The standard InChI is InChI=1S/C12H11FN4OS/c1-2-5-17-11(18)15-16-12(17)19-10-4-3-8(7-14)6-9(10)13/h3-4,6H,2,5H2,1H3,(H,15,18). The number of aromatic nitrogens is 3. The molecule has 1 aromatic carbocycles. The summed E-state index contributed by atoms with van der Waals surface area (Å²) >= 11 is 1.06. The van der Waals surface area contributed by atoms with E-state index in [4.69, 9.17) is 5.26 Å². The van der Waals surface area contributed by atoms with Gasteiger partial charge in [-0.05, 0) is 36.4 Å². The van der Waals surface area contributed by atoms with E-state index in [1.807, 2.05) is 13.0 Å². The molecule has 0 radical (unpaired) electrons. The van der Waals surface area contributed by atoms with E-state index in [0.717, 1.165) is 24.2 Å². The Labute approximate surface area is 113 Å². The summed E-state index contributed by atoms with van der Waals surface area (Å²) in [6.07, 6.45) is 0.781. The fourth-order valence-electron chi connectivity index (χ4n) is 1.55. The zero-order chi connectivity index (χ0) is 13.8. The Hall–Kier alpha value is -2.07. The number of halogens is 1. The van der Waals surface area contributed by atoms with Gasteiger partial charge in [-0.1, -0.05) is 6.92 Å². The van der Waals surface area contributed by atoms with Crippen LogP contribution in [0.3, 0.4) is 0 Å². The van der Waals surface area contributed by atoms with Gasteiger partial charge in [-0.2, -0.15) is 5.26 Å². The first-order valence-electron chi connectivity index (χ1n) is 5.68. The quantitative estimate of drug-likeness (QED) is 0.929. The number of nitrogens with zero attached hydrogens (tertiary/aromatic N) is 3. The third-order valence-electron chi connectivity index (χ3n) is 2.43. The summed E-state index contributed by atoms with van der Waals surface area (Å²) in [4.78, 5) is 11.8. The molecule has 1 aromatic heterocycles. The van der Waals surface area contributed by atoms with Gasteiger partial charge < -0.3 is 0 Å².